The highest BCUT2D eigenvalue weighted by Gasteiger charge is 2.19. The minimum absolute atomic E-state index is 0.907. The van der Waals surface area contributed by atoms with Gasteiger partial charge in [0.05, 0.1) is 5.69 Å². The molecule has 0 saturated carbocycles. The van der Waals surface area contributed by atoms with E-state index >= 15 is 0 Å². The van der Waals surface area contributed by atoms with Gasteiger partial charge in [0.1, 0.15) is 11.2 Å². The lowest BCUT2D eigenvalue weighted by atomic mass is 10.0. The van der Waals surface area contributed by atoms with E-state index in [2.05, 4.69) is 181 Å². The molecule has 49 heavy (non-hydrogen) atoms. The van der Waals surface area contributed by atoms with Crippen LogP contribution in [0.5, 0.6) is 0 Å². The van der Waals surface area contributed by atoms with E-state index in [1.54, 1.807) is 0 Å². The molecule has 0 amide bonds. The van der Waals surface area contributed by atoms with Gasteiger partial charge in [0.25, 0.3) is 0 Å². The molecule has 10 aromatic rings. The molecule has 0 spiro atoms. The van der Waals surface area contributed by atoms with Gasteiger partial charge in [0, 0.05) is 42.3 Å². The SMILES string of the molecule is c1ccc(-c2ccc(N(c3ccc(-c4ccc5c(c4)oc4ccc6ccccc6c45)cc3)c3cccc4sc5ccccc5c34)cc2)cc1. The number of furan rings is 1. The zero-order chi connectivity index (χ0) is 32.3. The molecule has 3 heteroatoms. The summed E-state index contributed by atoms with van der Waals surface area (Å²) in [5.41, 5.74) is 9.92. The summed E-state index contributed by atoms with van der Waals surface area (Å²) in [5, 5.41) is 7.34. The molecule has 2 heterocycles. The maximum atomic E-state index is 6.40. The van der Waals surface area contributed by atoms with Crippen LogP contribution in [0.2, 0.25) is 0 Å². The molecule has 2 aromatic heterocycles. The Bertz CT molecular complexity index is 2810. The molecule has 0 unspecified atom stereocenters. The largest absolute Gasteiger partial charge is 0.456 e. The van der Waals surface area contributed by atoms with Gasteiger partial charge in [-0.15, -0.1) is 11.3 Å². The van der Waals surface area contributed by atoms with Gasteiger partial charge in [-0.3, -0.25) is 0 Å². The molecule has 0 aliphatic carbocycles. The molecule has 0 aliphatic rings. The normalized spacial score (nSPS) is 11.7. The van der Waals surface area contributed by atoms with Crippen molar-refractivity contribution in [1.82, 2.24) is 0 Å². The first-order valence-electron chi connectivity index (χ1n) is 16.6. The zero-order valence-corrected chi connectivity index (χ0v) is 27.3. The van der Waals surface area contributed by atoms with E-state index in [0.29, 0.717) is 0 Å². The van der Waals surface area contributed by atoms with Crippen LogP contribution in [-0.4, -0.2) is 0 Å². The first-order chi connectivity index (χ1) is 24.3. The number of fused-ring (bicyclic) bond motifs is 8. The van der Waals surface area contributed by atoms with Crippen LogP contribution < -0.4 is 4.90 Å². The van der Waals surface area contributed by atoms with Gasteiger partial charge in [-0.25, -0.2) is 0 Å². The number of thiophene rings is 1. The van der Waals surface area contributed by atoms with Crippen molar-refractivity contribution in [3.63, 3.8) is 0 Å². The average molecular weight is 644 g/mol. The predicted octanol–water partition coefficient (Wildman–Crippen LogP) is 13.9. The average Bonchev–Trinajstić information content (AvgIpc) is 3.75. The maximum absolute atomic E-state index is 6.40. The third-order valence-electron chi connectivity index (χ3n) is 9.67. The summed E-state index contributed by atoms with van der Waals surface area (Å²) in [6.07, 6.45) is 0. The van der Waals surface area contributed by atoms with E-state index in [9.17, 15) is 0 Å². The van der Waals surface area contributed by atoms with Gasteiger partial charge >= 0.3 is 0 Å². The number of hydrogen-bond acceptors (Lipinski definition) is 3. The van der Waals surface area contributed by atoms with Crippen molar-refractivity contribution in [3.8, 4) is 22.3 Å². The Kier molecular flexibility index (Phi) is 6.39. The molecule has 10 rings (SSSR count). The third kappa shape index (κ3) is 4.62. The molecular weight excluding hydrogens is 615 g/mol. The van der Waals surface area contributed by atoms with Crippen molar-refractivity contribution >= 4 is 81.3 Å². The fourth-order valence-corrected chi connectivity index (χ4v) is 8.46. The van der Waals surface area contributed by atoms with Crippen LogP contribution in [0.4, 0.5) is 17.1 Å². The monoisotopic (exact) mass is 643 g/mol. The second kappa shape index (κ2) is 11.2. The summed E-state index contributed by atoms with van der Waals surface area (Å²) in [6.45, 7) is 0. The van der Waals surface area contributed by atoms with E-state index in [1.807, 2.05) is 11.3 Å². The number of nitrogens with zero attached hydrogens (tertiary/aromatic N) is 1. The highest BCUT2D eigenvalue weighted by atomic mass is 32.1. The number of benzene rings is 8. The predicted molar refractivity (Wildman–Crippen MR) is 210 cm³/mol. The van der Waals surface area contributed by atoms with Crippen molar-refractivity contribution in [2.24, 2.45) is 0 Å². The molecule has 0 fully saturated rings. The summed E-state index contributed by atoms with van der Waals surface area (Å²) >= 11 is 1.85. The Labute approximate surface area is 287 Å². The second-order valence-electron chi connectivity index (χ2n) is 12.5. The highest BCUT2D eigenvalue weighted by molar-refractivity contribution is 7.26. The fourth-order valence-electron chi connectivity index (χ4n) is 7.33. The summed E-state index contributed by atoms with van der Waals surface area (Å²) in [6, 6.07) is 63.2. The minimum atomic E-state index is 0.907. The Morgan fingerprint density at radius 1 is 0.388 bits per heavy atom. The van der Waals surface area contributed by atoms with Crippen molar-refractivity contribution in [1.29, 1.82) is 0 Å². The summed E-state index contributed by atoms with van der Waals surface area (Å²) in [4.78, 5) is 2.40. The minimum Gasteiger partial charge on any atom is -0.456 e. The third-order valence-corrected chi connectivity index (χ3v) is 10.8. The van der Waals surface area contributed by atoms with Crippen molar-refractivity contribution in [3.05, 3.63) is 176 Å². The van der Waals surface area contributed by atoms with Crippen LogP contribution in [-0.2, 0) is 0 Å². The van der Waals surface area contributed by atoms with E-state index in [4.69, 9.17) is 4.42 Å². The Hall–Kier alpha value is -6.16. The van der Waals surface area contributed by atoms with Crippen LogP contribution in [0.3, 0.4) is 0 Å². The van der Waals surface area contributed by atoms with Gasteiger partial charge in [-0.05, 0) is 93.7 Å². The van der Waals surface area contributed by atoms with E-state index in [-0.39, 0.29) is 0 Å². The van der Waals surface area contributed by atoms with Gasteiger partial charge < -0.3 is 9.32 Å². The molecule has 0 bridgehead atoms. The smallest absolute Gasteiger partial charge is 0.136 e. The highest BCUT2D eigenvalue weighted by Crippen LogP contribution is 2.45. The Morgan fingerprint density at radius 3 is 1.82 bits per heavy atom. The summed E-state index contributed by atoms with van der Waals surface area (Å²) < 4.78 is 8.99. The first kappa shape index (κ1) is 27.9. The van der Waals surface area contributed by atoms with E-state index < -0.39 is 0 Å². The van der Waals surface area contributed by atoms with Crippen molar-refractivity contribution in [2.45, 2.75) is 0 Å². The van der Waals surface area contributed by atoms with Crippen LogP contribution in [0.15, 0.2) is 180 Å². The van der Waals surface area contributed by atoms with Gasteiger partial charge in [0.2, 0.25) is 0 Å². The topological polar surface area (TPSA) is 16.4 Å². The van der Waals surface area contributed by atoms with Crippen LogP contribution in [0, 0.1) is 0 Å². The van der Waals surface area contributed by atoms with Crippen molar-refractivity contribution in [2.75, 3.05) is 4.90 Å². The Balaban J connectivity index is 1.09. The zero-order valence-electron chi connectivity index (χ0n) is 26.5. The Morgan fingerprint density at radius 2 is 1.02 bits per heavy atom. The van der Waals surface area contributed by atoms with Crippen LogP contribution >= 0.6 is 11.3 Å². The molecule has 230 valence electrons. The quantitative estimate of drug-likeness (QED) is 0.186. The van der Waals surface area contributed by atoms with Crippen LogP contribution in [0.1, 0.15) is 0 Å². The van der Waals surface area contributed by atoms with E-state index in [1.165, 1.54) is 53.1 Å². The van der Waals surface area contributed by atoms with Gasteiger partial charge in [0.15, 0.2) is 0 Å². The number of anilines is 3. The molecule has 0 aliphatic heterocycles. The molecule has 0 saturated heterocycles. The van der Waals surface area contributed by atoms with Crippen molar-refractivity contribution < 1.29 is 4.42 Å². The standard InChI is InChI=1S/C46H29NOS/c1-2-9-30(10-3-1)31-17-23-35(24-18-31)47(40-14-8-16-44-46(40)39-13-6-7-15-43(39)49-44)36-25-19-32(20-26-36)34-21-27-38-42(29-34)48-41-28-22-33-11-4-5-12-37(33)45(38)41/h1-29H. The molecule has 2 nitrogen and oxygen atoms in total. The molecule has 0 radical (unpaired) electrons. The fraction of sp³-hybridized carbons (Fsp3) is 0. The lowest BCUT2D eigenvalue weighted by Crippen LogP contribution is -2.10. The molecular formula is C46H29NOS. The lowest BCUT2D eigenvalue weighted by molar-refractivity contribution is 0.669. The maximum Gasteiger partial charge on any atom is 0.136 e. The second-order valence-corrected chi connectivity index (χ2v) is 13.6. The van der Waals surface area contributed by atoms with Crippen LogP contribution in [0.25, 0.3) is 75.1 Å². The van der Waals surface area contributed by atoms with Gasteiger partial charge in [-0.2, -0.15) is 0 Å². The van der Waals surface area contributed by atoms with Gasteiger partial charge in [-0.1, -0.05) is 115 Å². The summed E-state index contributed by atoms with van der Waals surface area (Å²) in [7, 11) is 0. The van der Waals surface area contributed by atoms with E-state index in [0.717, 1.165) is 39.1 Å². The molecule has 0 N–H and O–H groups in total. The lowest BCUT2D eigenvalue weighted by Gasteiger charge is -2.27. The first-order valence-corrected chi connectivity index (χ1v) is 17.4. The number of hydrogen-bond donors (Lipinski definition) is 0. The molecule has 0 atom stereocenters. The molecule has 8 aromatic carbocycles. The number of rotatable bonds is 5. The summed E-state index contributed by atoms with van der Waals surface area (Å²) in [5.74, 6) is 0.